The maximum Gasteiger partial charge on any atom is 0.0946 e. The molecule has 0 aliphatic carbocycles. The van der Waals surface area contributed by atoms with Crippen molar-refractivity contribution in [2.24, 2.45) is 5.92 Å². The van der Waals surface area contributed by atoms with Crippen molar-refractivity contribution in [2.75, 3.05) is 13.2 Å². The maximum absolute atomic E-state index is 5.41. The molecule has 0 bridgehead atoms. The molecule has 3 unspecified atom stereocenters. The lowest BCUT2D eigenvalue weighted by molar-refractivity contribution is 0.176. The van der Waals surface area contributed by atoms with Gasteiger partial charge in [-0.1, -0.05) is 0 Å². The molecular formula is C12H21N3O. The van der Waals surface area contributed by atoms with Gasteiger partial charge < -0.3 is 14.6 Å². The van der Waals surface area contributed by atoms with E-state index < -0.39 is 0 Å². The fourth-order valence-corrected chi connectivity index (χ4v) is 2.30. The minimum absolute atomic E-state index is 0.463. The van der Waals surface area contributed by atoms with E-state index >= 15 is 0 Å². The number of nitrogens with one attached hydrogen (secondary N) is 1. The Labute approximate surface area is 97.0 Å². The summed E-state index contributed by atoms with van der Waals surface area (Å²) in [6, 6.07) is 0.992. The van der Waals surface area contributed by atoms with Crippen molar-refractivity contribution in [1.29, 1.82) is 0 Å². The molecule has 1 aromatic rings. The van der Waals surface area contributed by atoms with Crippen LogP contribution in [0.2, 0.25) is 0 Å². The summed E-state index contributed by atoms with van der Waals surface area (Å²) < 4.78 is 7.52. The lowest BCUT2D eigenvalue weighted by Crippen LogP contribution is -2.41. The Morgan fingerprint density at radius 3 is 3.06 bits per heavy atom. The highest BCUT2D eigenvalue weighted by molar-refractivity contribution is 4.80. The minimum atomic E-state index is 0.463. The van der Waals surface area contributed by atoms with E-state index in [9.17, 15) is 0 Å². The van der Waals surface area contributed by atoms with Gasteiger partial charge in [0.1, 0.15) is 0 Å². The summed E-state index contributed by atoms with van der Waals surface area (Å²) in [5, 5.41) is 3.63. The van der Waals surface area contributed by atoms with Crippen LogP contribution in [0.25, 0.3) is 0 Å². The van der Waals surface area contributed by atoms with Gasteiger partial charge in [-0.2, -0.15) is 0 Å². The molecule has 0 aromatic carbocycles. The fraction of sp³-hybridized carbons (Fsp3) is 0.750. The van der Waals surface area contributed by atoms with Crippen molar-refractivity contribution in [3.63, 3.8) is 0 Å². The van der Waals surface area contributed by atoms with Crippen LogP contribution in [0.15, 0.2) is 18.7 Å². The molecule has 1 aliphatic heterocycles. The van der Waals surface area contributed by atoms with E-state index in [1.54, 1.807) is 0 Å². The highest BCUT2D eigenvalue weighted by Crippen LogP contribution is 2.16. The largest absolute Gasteiger partial charge is 0.381 e. The first-order chi connectivity index (χ1) is 7.75. The Balaban J connectivity index is 1.75. The molecule has 1 aliphatic rings. The molecule has 2 heterocycles. The molecule has 16 heavy (non-hydrogen) atoms. The van der Waals surface area contributed by atoms with E-state index in [4.69, 9.17) is 4.74 Å². The van der Waals surface area contributed by atoms with Crippen LogP contribution in [0, 0.1) is 5.92 Å². The van der Waals surface area contributed by atoms with Gasteiger partial charge >= 0.3 is 0 Å². The van der Waals surface area contributed by atoms with Crippen LogP contribution in [0.3, 0.4) is 0 Å². The second kappa shape index (κ2) is 5.46. The molecule has 1 fully saturated rings. The van der Waals surface area contributed by atoms with Gasteiger partial charge in [-0.05, 0) is 26.2 Å². The molecular weight excluding hydrogens is 202 g/mol. The predicted octanol–water partition coefficient (Wildman–Crippen LogP) is 1.29. The van der Waals surface area contributed by atoms with Crippen molar-refractivity contribution in [3.8, 4) is 0 Å². The van der Waals surface area contributed by atoms with Gasteiger partial charge in [-0.3, -0.25) is 0 Å². The second-order valence-corrected chi connectivity index (χ2v) is 4.74. The van der Waals surface area contributed by atoms with Crippen LogP contribution >= 0.6 is 0 Å². The average Bonchev–Trinajstić information content (AvgIpc) is 2.88. The van der Waals surface area contributed by atoms with Gasteiger partial charge in [0.05, 0.1) is 12.9 Å². The van der Waals surface area contributed by atoms with Gasteiger partial charge in [-0.15, -0.1) is 0 Å². The Morgan fingerprint density at radius 1 is 1.56 bits per heavy atom. The minimum Gasteiger partial charge on any atom is -0.381 e. The molecule has 1 saturated heterocycles. The number of rotatable bonds is 5. The summed E-state index contributed by atoms with van der Waals surface area (Å²) in [5.41, 5.74) is 0. The van der Waals surface area contributed by atoms with Crippen molar-refractivity contribution >= 4 is 0 Å². The predicted molar refractivity (Wildman–Crippen MR) is 63.2 cm³/mol. The highest BCUT2D eigenvalue weighted by atomic mass is 16.5. The van der Waals surface area contributed by atoms with Gasteiger partial charge in [0.15, 0.2) is 0 Å². The van der Waals surface area contributed by atoms with Crippen molar-refractivity contribution in [2.45, 2.75) is 38.9 Å². The molecule has 90 valence electrons. The van der Waals surface area contributed by atoms with Gasteiger partial charge in [-0.25, -0.2) is 4.98 Å². The summed E-state index contributed by atoms with van der Waals surface area (Å²) >= 11 is 0. The Bertz CT molecular complexity index is 293. The van der Waals surface area contributed by atoms with Gasteiger partial charge in [0.25, 0.3) is 0 Å². The third-order valence-electron chi connectivity index (χ3n) is 3.26. The fourth-order valence-electron chi connectivity index (χ4n) is 2.30. The summed E-state index contributed by atoms with van der Waals surface area (Å²) in [6.07, 6.45) is 6.87. The van der Waals surface area contributed by atoms with E-state index in [0.29, 0.717) is 18.0 Å². The van der Waals surface area contributed by atoms with Gasteiger partial charge in [0.2, 0.25) is 0 Å². The number of hydrogen-bond donors (Lipinski definition) is 1. The summed E-state index contributed by atoms with van der Waals surface area (Å²) in [7, 11) is 0. The summed E-state index contributed by atoms with van der Waals surface area (Å²) in [5.74, 6) is 0.672. The Hall–Kier alpha value is -0.870. The Morgan fingerprint density at radius 2 is 2.44 bits per heavy atom. The van der Waals surface area contributed by atoms with Crippen molar-refractivity contribution in [3.05, 3.63) is 18.7 Å². The summed E-state index contributed by atoms with van der Waals surface area (Å²) in [4.78, 5) is 4.05. The zero-order chi connectivity index (χ0) is 11.4. The van der Waals surface area contributed by atoms with E-state index in [0.717, 1.165) is 19.8 Å². The molecule has 0 amide bonds. The first kappa shape index (κ1) is 11.6. The summed E-state index contributed by atoms with van der Waals surface area (Å²) in [6.45, 7) is 7.27. The molecule has 0 spiro atoms. The SMILES string of the molecule is CC(Cn1ccnc1)NC(C)C1CCOC1. The number of aromatic nitrogens is 2. The lowest BCUT2D eigenvalue weighted by atomic mass is 10.00. The average molecular weight is 223 g/mol. The normalized spacial score (nSPS) is 24.5. The van der Waals surface area contributed by atoms with Crippen LogP contribution in [-0.2, 0) is 11.3 Å². The zero-order valence-corrected chi connectivity index (χ0v) is 10.1. The lowest BCUT2D eigenvalue weighted by Gasteiger charge is -2.24. The molecule has 4 nitrogen and oxygen atoms in total. The van der Waals surface area contributed by atoms with Crippen molar-refractivity contribution in [1.82, 2.24) is 14.9 Å². The van der Waals surface area contributed by atoms with Gasteiger partial charge in [0, 0.05) is 37.6 Å². The molecule has 0 saturated carbocycles. The van der Waals surface area contributed by atoms with Crippen molar-refractivity contribution < 1.29 is 4.74 Å². The number of nitrogens with zero attached hydrogens (tertiary/aromatic N) is 2. The topological polar surface area (TPSA) is 39.1 Å². The molecule has 2 rings (SSSR count). The third-order valence-corrected chi connectivity index (χ3v) is 3.26. The first-order valence-electron chi connectivity index (χ1n) is 6.05. The number of imidazole rings is 1. The van der Waals surface area contributed by atoms with E-state index in [1.807, 2.05) is 18.7 Å². The first-order valence-corrected chi connectivity index (χ1v) is 6.05. The Kier molecular flexibility index (Phi) is 3.96. The maximum atomic E-state index is 5.41. The monoisotopic (exact) mass is 223 g/mol. The smallest absolute Gasteiger partial charge is 0.0946 e. The van der Waals surface area contributed by atoms with Crippen LogP contribution < -0.4 is 5.32 Å². The zero-order valence-electron chi connectivity index (χ0n) is 10.1. The standard InChI is InChI=1S/C12H21N3O/c1-10(7-15-5-4-13-9-15)14-11(2)12-3-6-16-8-12/h4-5,9-12,14H,3,6-8H2,1-2H3. The molecule has 1 N–H and O–H groups in total. The van der Waals surface area contributed by atoms with E-state index in [2.05, 4.69) is 28.7 Å². The molecule has 4 heteroatoms. The van der Waals surface area contributed by atoms with Crippen LogP contribution in [0.5, 0.6) is 0 Å². The quantitative estimate of drug-likeness (QED) is 0.817. The third kappa shape index (κ3) is 3.06. The van der Waals surface area contributed by atoms with Crippen LogP contribution in [0.1, 0.15) is 20.3 Å². The number of ether oxygens (including phenoxy) is 1. The van der Waals surface area contributed by atoms with E-state index in [-0.39, 0.29) is 0 Å². The van der Waals surface area contributed by atoms with Crippen LogP contribution in [0.4, 0.5) is 0 Å². The molecule has 3 atom stereocenters. The van der Waals surface area contributed by atoms with E-state index in [1.165, 1.54) is 6.42 Å². The molecule has 0 radical (unpaired) electrons. The van der Waals surface area contributed by atoms with Crippen LogP contribution in [-0.4, -0.2) is 34.8 Å². The highest BCUT2D eigenvalue weighted by Gasteiger charge is 2.23. The molecule has 1 aromatic heterocycles. The number of hydrogen-bond acceptors (Lipinski definition) is 3. The second-order valence-electron chi connectivity index (χ2n) is 4.74.